The van der Waals surface area contributed by atoms with Gasteiger partial charge in [-0.25, -0.2) is 0 Å². The summed E-state index contributed by atoms with van der Waals surface area (Å²) in [7, 11) is 0. The number of morpholine rings is 1. The Morgan fingerprint density at radius 3 is 2.43 bits per heavy atom. The third-order valence-electron chi connectivity index (χ3n) is 5.97. The monoisotopic (exact) mass is 427 g/mol. The zero-order chi connectivity index (χ0) is 21.1. The molecule has 7 heteroatoms. The lowest BCUT2D eigenvalue weighted by atomic mass is 9.97. The van der Waals surface area contributed by atoms with Crippen molar-refractivity contribution in [3.63, 3.8) is 0 Å². The van der Waals surface area contributed by atoms with E-state index in [1.54, 1.807) is 17.0 Å². The zero-order valence-corrected chi connectivity index (χ0v) is 17.8. The van der Waals surface area contributed by atoms with Gasteiger partial charge in [-0.15, -0.1) is 0 Å². The SMILES string of the molecule is CC1(C(=O)Nc2ccc(N3CCOCC3)cc2)CCC(=O)N1Cc1ccc(Cl)cc1. The number of nitrogens with zero attached hydrogens (tertiary/aromatic N) is 2. The first-order valence-electron chi connectivity index (χ1n) is 10.2. The predicted molar refractivity (Wildman–Crippen MR) is 118 cm³/mol. The normalized spacial score (nSPS) is 21.7. The molecule has 0 bridgehead atoms. The molecule has 2 aliphatic rings. The Kier molecular flexibility index (Phi) is 5.97. The van der Waals surface area contributed by atoms with Crippen LogP contribution in [0.1, 0.15) is 25.3 Å². The van der Waals surface area contributed by atoms with Crippen LogP contribution in [0.3, 0.4) is 0 Å². The lowest BCUT2D eigenvalue weighted by Gasteiger charge is -2.34. The molecule has 0 spiro atoms. The van der Waals surface area contributed by atoms with Crippen molar-refractivity contribution in [3.05, 3.63) is 59.1 Å². The summed E-state index contributed by atoms with van der Waals surface area (Å²) in [5.41, 5.74) is 1.90. The van der Waals surface area contributed by atoms with Gasteiger partial charge >= 0.3 is 0 Å². The molecule has 2 fully saturated rings. The topological polar surface area (TPSA) is 61.9 Å². The van der Waals surface area contributed by atoms with E-state index < -0.39 is 5.54 Å². The molecule has 0 aromatic heterocycles. The van der Waals surface area contributed by atoms with E-state index in [1.165, 1.54) is 0 Å². The summed E-state index contributed by atoms with van der Waals surface area (Å²) >= 11 is 5.96. The Morgan fingerprint density at radius 1 is 1.10 bits per heavy atom. The van der Waals surface area contributed by atoms with Gasteiger partial charge in [0, 0.05) is 42.5 Å². The molecular formula is C23H26ClN3O3. The summed E-state index contributed by atoms with van der Waals surface area (Å²) in [4.78, 5) is 29.7. The van der Waals surface area contributed by atoms with E-state index in [0.29, 0.717) is 24.4 Å². The van der Waals surface area contributed by atoms with Crippen LogP contribution in [0.4, 0.5) is 11.4 Å². The van der Waals surface area contributed by atoms with E-state index in [4.69, 9.17) is 16.3 Å². The molecule has 4 rings (SSSR count). The average Bonchev–Trinajstić information content (AvgIpc) is 3.06. The van der Waals surface area contributed by atoms with Gasteiger partial charge in [-0.05, 0) is 55.3 Å². The van der Waals surface area contributed by atoms with E-state index >= 15 is 0 Å². The Bertz CT molecular complexity index is 910. The first-order valence-corrected chi connectivity index (χ1v) is 10.6. The third-order valence-corrected chi connectivity index (χ3v) is 6.22. The van der Waals surface area contributed by atoms with Gasteiger partial charge in [0.1, 0.15) is 5.54 Å². The number of amides is 2. The summed E-state index contributed by atoms with van der Waals surface area (Å²) in [6.45, 7) is 5.42. The summed E-state index contributed by atoms with van der Waals surface area (Å²) in [6, 6.07) is 15.2. The van der Waals surface area contributed by atoms with E-state index in [2.05, 4.69) is 10.2 Å². The number of carbonyl (C=O) groups excluding carboxylic acids is 2. The summed E-state index contributed by atoms with van der Waals surface area (Å²) in [5, 5.41) is 3.65. The van der Waals surface area contributed by atoms with Gasteiger partial charge in [-0.3, -0.25) is 9.59 Å². The first-order chi connectivity index (χ1) is 14.5. The molecule has 0 saturated carbocycles. The highest BCUT2D eigenvalue weighted by atomic mass is 35.5. The zero-order valence-electron chi connectivity index (χ0n) is 17.1. The number of halogens is 1. The van der Waals surface area contributed by atoms with Crippen LogP contribution in [0.15, 0.2) is 48.5 Å². The van der Waals surface area contributed by atoms with Gasteiger partial charge in [0.05, 0.1) is 13.2 Å². The molecule has 2 saturated heterocycles. The molecule has 1 atom stereocenters. The Hall–Kier alpha value is -2.57. The number of likely N-dealkylation sites (tertiary alicyclic amines) is 1. The second-order valence-corrected chi connectivity index (χ2v) is 8.42. The highest BCUT2D eigenvalue weighted by molar-refractivity contribution is 6.30. The number of hydrogen-bond donors (Lipinski definition) is 1. The fourth-order valence-electron chi connectivity index (χ4n) is 4.01. The van der Waals surface area contributed by atoms with E-state index in [-0.39, 0.29) is 11.8 Å². The lowest BCUT2D eigenvalue weighted by Crippen LogP contribution is -2.51. The number of carbonyl (C=O) groups is 2. The number of nitrogens with one attached hydrogen (secondary N) is 1. The fraction of sp³-hybridized carbons (Fsp3) is 0.391. The van der Waals surface area contributed by atoms with Crippen LogP contribution in [0.5, 0.6) is 0 Å². The van der Waals surface area contributed by atoms with Crippen LogP contribution in [0.2, 0.25) is 5.02 Å². The van der Waals surface area contributed by atoms with Gasteiger partial charge in [-0.2, -0.15) is 0 Å². The lowest BCUT2D eigenvalue weighted by molar-refractivity contribution is -0.138. The molecular weight excluding hydrogens is 402 g/mol. The van der Waals surface area contributed by atoms with Crippen molar-refractivity contribution in [1.82, 2.24) is 4.90 Å². The summed E-state index contributed by atoms with van der Waals surface area (Å²) < 4.78 is 5.40. The van der Waals surface area contributed by atoms with Crippen LogP contribution in [-0.2, 0) is 20.9 Å². The fourth-order valence-corrected chi connectivity index (χ4v) is 4.14. The number of benzene rings is 2. The molecule has 1 N–H and O–H groups in total. The van der Waals surface area contributed by atoms with Gasteiger partial charge in [0.2, 0.25) is 11.8 Å². The molecule has 0 aliphatic carbocycles. The van der Waals surface area contributed by atoms with Crippen molar-refractivity contribution in [2.75, 3.05) is 36.5 Å². The molecule has 0 radical (unpaired) electrons. The average molecular weight is 428 g/mol. The van der Waals surface area contributed by atoms with Crippen LogP contribution in [0.25, 0.3) is 0 Å². The van der Waals surface area contributed by atoms with Gasteiger partial charge in [0.15, 0.2) is 0 Å². The Labute approximate surface area is 181 Å². The minimum Gasteiger partial charge on any atom is -0.378 e. The summed E-state index contributed by atoms with van der Waals surface area (Å²) in [6.07, 6.45) is 0.866. The van der Waals surface area contributed by atoms with Crippen LogP contribution >= 0.6 is 11.6 Å². The van der Waals surface area contributed by atoms with Crippen LogP contribution in [-0.4, -0.2) is 48.6 Å². The van der Waals surface area contributed by atoms with Gasteiger partial charge in [0.25, 0.3) is 0 Å². The van der Waals surface area contributed by atoms with Crippen LogP contribution in [0, 0.1) is 0 Å². The van der Waals surface area contributed by atoms with Crippen molar-refractivity contribution in [1.29, 1.82) is 0 Å². The number of anilines is 2. The molecule has 30 heavy (non-hydrogen) atoms. The number of rotatable bonds is 5. The molecule has 2 aromatic carbocycles. The molecule has 1 unspecified atom stereocenters. The highest BCUT2D eigenvalue weighted by Crippen LogP contribution is 2.33. The largest absolute Gasteiger partial charge is 0.378 e. The van der Waals surface area contributed by atoms with Gasteiger partial charge in [-0.1, -0.05) is 23.7 Å². The Morgan fingerprint density at radius 2 is 1.77 bits per heavy atom. The first kappa shape index (κ1) is 20.7. The quantitative estimate of drug-likeness (QED) is 0.790. The molecule has 2 aromatic rings. The standard InChI is InChI=1S/C23H26ClN3O3/c1-23(11-10-21(28)27(23)16-17-2-4-18(24)5-3-17)22(29)25-19-6-8-20(9-7-19)26-12-14-30-15-13-26/h2-9H,10-16H2,1H3,(H,25,29). The number of hydrogen-bond acceptors (Lipinski definition) is 4. The third kappa shape index (κ3) is 4.30. The molecule has 2 amide bonds. The second kappa shape index (κ2) is 8.66. The maximum Gasteiger partial charge on any atom is 0.250 e. The number of ether oxygens (including phenoxy) is 1. The second-order valence-electron chi connectivity index (χ2n) is 7.98. The van der Waals surface area contributed by atoms with E-state index in [9.17, 15) is 9.59 Å². The minimum absolute atomic E-state index is 0.00901. The van der Waals surface area contributed by atoms with Gasteiger partial charge < -0.3 is 19.9 Å². The van der Waals surface area contributed by atoms with E-state index in [1.807, 2.05) is 43.3 Å². The predicted octanol–water partition coefficient (Wildman–Crippen LogP) is 3.70. The smallest absolute Gasteiger partial charge is 0.250 e. The molecule has 6 nitrogen and oxygen atoms in total. The van der Waals surface area contributed by atoms with Crippen molar-refractivity contribution < 1.29 is 14.3 Å². The summed E-state index contributed by atoms with van der Waals surface area (Å²) in [5.74, 6) is -0.174. The van der Waals surface area contributed by atoms with Crippen molar-refractivity contribution in [2.45, 2.75) is 31.8 Å². The maximum absolute atomic E-state index is 13.2. The maximum atomic E-state index is 13.2. The van der Waals surface area contributed by atoms with Crippen molar-refractivity contribution in [3.8, 4) is 0 Å². The Balaban J connectivity index is 1.45. The highest BCUT2D eigenvalue weighted by Gasteiger charge is 2.47. The molecule has 158 valence electrons. The minimum atomic E-state index is -0.889. The van der Waals surface area contributed by atoms with Crippen LogP contribution < -0.4 is 10.2 Å². The van der Waals surface area contributed by atoms with Crippen molar-refractivity contribution in [2.24, 2.45) is 0 Å². The molecule has 2 heterocycles. The van der Waals surface area contributed by atoms with E-state index in [0.717, 1.165) is 43.2 Å². The molecule has 2 aliphatic heterocycles. The van der Waals surface area contributed by atoms with Crippen molar-refractivity contribution >= 4 is 34.8 Å².